The number of piperidine rings is 1. The van der Waals surface area contributed by atoms with Crippen LogP contribution in [0.15, 0.2) is 47.4 Å². The minimum absolute atomic E-state index is 0.201. The molecule has 0 atom stereocenters. The average Bonchev–Trinajstić information content (AvgIpc) is 2.90. The summed E-state index contributed by atoms with van der Waals surface area (Å²) in [6.45, 7) is 3.14. The molecule has 37 heavy (non-hydrogen) atoms. The molecule has 1 aromatic carbocycles. The van der Waals surface area contributed by atoms with E-state index in [0.717, 1.165) is 50.0 Å². The largest absolute Gasteiger partial charge is 0.493 e. The molecule has 0 amide bonds. The lowest BCUT2D eigenvalue weighted by Crippen LogP contribution is -2.34. The van der Waals surface area contributed by atoms with E-state index in [0.29, 0.717) is 23.9 Å². The number of aliphatic carboxylic acids is 2. The summed E-state index contributed by atoms with van der Waals surface area (Å²) in [6.07, 6.45) is 14.3. The maximum atomic E-state index is 13.4. The van der Waals surface area contributed by atoms with Gasteiger partial charge in [0.25, 0.3) is 5.56 Å². The van der Waals surface area contributed by atoms with Crippen LogP contribution >= 0.6 is 0 Å². The Morgan fingerprint density at radius 1 is 1.05 bits per heavy atom. The van der Waals surface area contributed by atoms with Crippen LogP contribution in [0.3, 0.4) is 0 Å². The Morgan fingerprint density at radius 3 is 2.41 bits per heavy atom. The second-order valence-electron chi connectivity index (χ2n) is 9.61. The third-order valence-corrected chi connectivity index (χ3v) is 6.82. The van der Waals surface area contributed by atoms with Crippen molar-refractivity contribution < 1.29 is 28.9 Å². The minimum atomic E-state index is -1.82. The fourth-order valence-electron chi connectivity index (χ4n) is 4.71. The zero-order valence-electron chi connectivity index (χ0n) is 20.9. The predicted molar refractivity (Wildman–Crippen MR) is 138 cm³/mol. The number of nitrogens with zero attached hydrogens (tertiary/aromatic N) is 1. The number of hydrogen-bond acceptors (Lipinski definition) is 5. The molecular weight excluding hydrogens is 479 g/mol. The lowest BCUT2D eigenvalue weighted by molar-refractivity contribution is -0.159. The summed E-state index contributed by atoms with van der Waals surface area (Å²) in [4.78, 5) is 34.8. The van der Waals surface area contributed by atoms with Crippen molar-refractivity contribution in [3.63, 3.8) is 0 Å². The number of para-hydroxylation sites is 1. The average molecular weight is 515 g/mol. The zero-order chi connectivity index (χ0) is 26.6. The molecule has 2 fully saturated rings. The van der Waals surface area contributed by atoms with Crippen molar-refractivity contribution in [2.45, 2.75) is 51.5 Å². The SMILES string of the molecule is O=C(O)C(=O)O.O=c1[nH]cc(F)cc1CN1CCC(/C=C/c2ccccc2OCC2CCCCC2)CC1. The van der Waals surface area contributed by atoms with Gasteiger partial charge in [0.15, 0.2) is 0 Å². The highest BCUT2D eigenvalue weighted by Crippen LogP contribution is 2.27. The van der Waals surface area contributed by atoms with Gasteiger partial charge in [0.1, 0.15) is 11.6 Å². The van der Waals surface area contributed by atoms with E-state index in [1.807, 2.05) is 6.07 Å². The van der Waals surface area contributed by atoms with Crippen LogP contribution in [0.1, 0.15) is 56.1 Å². The molecule has 2 heterocycles. The number of halogens is 1. The van der Waals surface area contributed by atoms with E-state index in [9.17, 15) is 9.18 Å². The second-order valence-corrected chi connectivity index (χ2v) is 9.61. The predicted octanol–water partition coefficient (Wildman–Crippen LogP) is 4.55. The van der Waals surface area contributed by atoms with Crippen molar-refractivity contribution in [3.05, 3.63) is 69.9 Å². The van der Waals surface area contributed by atoms with Gasteiger partial charge in [-0.3, -0.25) is 9.69 Å². The van der Waals surface area contributed by atoms with E-state index >= 15 is 0 Å². The highest BCUT2D eigenvalue weighted by Gasteiger charge is 2.19. The summed E-state index contributed by atoms with van der Waals surface area (Å²) in [5.74, 6) is -1.86. The molecule has 0 bridgehead atoms. The number of hydrogen-bond donors (Lipinski definition) is 3. The van der Waals surface area contributed by atoms with Gasteiger partial charge in [0.05, 0.1) is 6.61 Å². The van der Waals surface area contributed by atoms with Crippen molar-refractivity contribution in [2.75, 3.05) is 19.7 Å². The first-order chi connectivity index (χ1) is 17.8. The highest BCUT2D eigenvalue weighted by molar-refractivity contribution is 6.27. The van der Waals surface area contributed by atoms with Crippen LogP contribution in [-0.2, 0) is 16.1 Å². The van der Waals surface area contributed by atoms with Gasteiger partial charge in [-0.2, -0.15) is 0 Å². The number of aromatic amines is 1. The van der Waals surface area contributed by atoms with Gasteiger partial charge in [-0.1, -0.05) is 49.6 Å². The summed E-state index contributed by atoms with van der Waals surface area (Å²) < 4.78 is 19.6. The Hall–Kier alpha value is -3.46. The molecule has 1 aromatic heterocycles. The molecule has 2 aliphatic rings. The molecule has 1 saturated heterocycles. The summed E-state index contributed by atoms with van der Waals surface area (Å²) in [5, 5.41) is 14.8. The number of H-pyrrole nitrogens is 1. The fourth-order valence-corrected chi connectivity index (χ4v) is 4.71. The van der Waals surface area contributed by atoms with Gasteiger partial charge in [-0.25, -0.2) is 14.0 Å². The van der Waals surface area contributed by atoms with E-state index in [-0.39, 0.29) is 5.56 Å². The molecule has 0 spiro atoms. The molecular formula is C28H35FN2O6. The monoisotopic (exact) mass is 514 g/mol. The first kappa shape index (κ1) is 28.1. The number of carboxylic acids is 2. The second kappa shape index (κ2) is 14.3. The highest BCUT2D eigenvalue weighted by atomic mass is 19.1. The summed E-state index contributed by atoms with van der Waals surface area (Å²) >= 11 is 0. The summed E-state index contributed by atoms with van der Waals surface area (Å²) in [5.41, 5.74) is 1.44. The fraction of sp³-hybridized carbons (Fsp3) is 0.464. The summed E-state index contributed by atoms with van der Waals surface area (Å²) in [7, 11) is 0. The Kier molecular flexibility index (Phi) is 10.9. The van der Waals surface area contributed by atoms with Gasteiger partial charge in [0.2, 0.25) is 0 Å². The van der Waals surface area contributed by atoms with Crippen molar-refractivity contribution >= 4 is 18.0 Å². The van der Waals surface area contributed by atoms with Crippen molar-refractivity contribution in [2.24, 2.45) is 11.8 Å². The normalized spacial score (nSPS) is 17.2. The Balaban J connectivity index is 0.000000568. The van der Waals surface area contributed by atoms with Gasteiger partial charge in [-0.15, -0.1) is 0 Å². The lowest BCUT2D eigenvalue weighted by Gasteiger charge is -2.30. The van der Waals surface area contributed by atoms with E-state index in [1.54, 1.807) is 0 Å². The topological polar surface area (TPSA) is 120 Å². The standard InChI is InChI=1S/C26H33FN2O2.C2H2O4/c27-24-16-23(26(30)28-17-24)18-29-14-12-20(13-15-29)10-11-22-8-4-5-9-25(22)31-19-21-6-2-1-3-7-21;3-1(4)2(5)6/h4-5,8-11,16-17,20-21H,1-3,6-7,12-15,18-19H2,(H,28,30);(H,3,4)(H,5,6)/b11-10+;. The van der Waals surface area contributed by atoms with Crippen LogP contribution < -0.4 is 10.3 Å². The number of benzene rings is 1. The molecule has 1 saturated carbocycles. The van der Waals surface area contributed by atoms with E-state index < -0.39 is 17.8 Å². The van der Waals surface area contributed by atoms with E-state index in [4.69, 9.17) is 24.5 Å². The van der Waals surface area contributed by atoms with Crippen LogP contribution in [0, 0.1) is 17.7 Å². The smallest absolute Gasteiger partial charge is 0.414 e. The third kappa shape index (κ3) is 9.49. The number of allylic oxidation sites excluding steroid dienone is 1. The molecule has 9 heteroatoms. The first-order valence-electron chi connectivity index (χ1n) is 12.8. The Bertz CT molecular complexity index is 1110. The number of rotatable bonds is 7. The van der Waals surface area contributed by atoms with Gasteiger partial charge in [-0.05, 0) is 62.7 Å². The van der Waals surface area contributed by atoms with Gasteiger partial charge in [0, 0.05) is 23.9 Å². The van der Waals surface area contributed by atoms with E-state index in [2.05, 4.69) is 40.2 Å². The number of nitrogens with one attached hydrogen (secondary N) is 1. The maximum absolute atomic E-state index is 13.4. The van der Waals surface area contributed by atoms with Gasteiger partial charge < -0.3 is 19.9 Å². The zero-order valence-corrected chi connectivity index (χ0v) is 20.9. The van der Waals surface area contributed by atoms with Crippen molar-refractivity contribution in [1.29, 1.82) is 0 Å². The molecule has 3 N–H and O–H groups in total. The third-order valence-electron chi connectivity index (χ3n) is 6.82. The van der Waals surface area contributed by atoms with Crippen LogP contribution in [0.2, 0.25) is 0 Å². The molecule has 2 aromatic rings. The first-order valence-corrected chi connectivity index (χ1v) is 12.8. The van der Waals surface area contributed by atoms with Crippen LogP contribution in [0.25, 0.3) is 6.08 Å². The minimum Gasteiger partial charge on any atom is -0.493 e. The van der Waals surface area contributed by atoms with Crippen LogP contribution in [0.5, 0.6) is 5.75 Å². The lowest BCUT2D eigenvalue weighted by atomic mass is 9.90. The molecule has 8 nitrogen and oxygen atoms in total. The van der Waals surface area contributed by atoms with Gasteiger partial charge >= 0.3 is 11.9 Å². The Labute approximate surface area is 215 Å². The molecule has 1 aliphatic heterocycles. The summed E-state index contributed by atoms with van der Waals surface area (Å²) in [6, 6.07) is 9.64. The number of ether oxygens (including phenoxy) is 1. The van der Waals surface area contributed by atoms with Crippen LogP contribution in [0.4, 0.5) is 4.39 Å². The number of carbonyl (C=O) groups is 2. The van der Waals surface area contributed by atoms with Crippen molar-refractivity contribution in [3.8, 4) is 5.75 Å². The number of aromatic nitrogens is 1. The number of pyridine rings is 1. The van der Waals surface area contributed by atoms with Crippen molar-refractivity contribution in [1.82, 2.24) is 9.88 Å². The maximum Gasteiger partial charge on any atom is 0.414 e. The van der Waals surface area contributed by atoms with E-state index in [1.165, 1.54) is 38.2 Å². The molecule has 1 aliphatic carbocycles. The van der Waals surface area contributed by atoms with Crippen LogP contribution in [-0.4, -0.2) is 51.7 Å². The molecule has 4 rings (SSSR count). The Morgan fingerprint density at radius 2 is 1.73 bits per heavy atom. The number of likely N-dealkylation sites (tertiary alicyclic amines) is 1. The molecule has 200 valence electrons. The number of carboxylic acid groups (broad SMARTS) is 2. The molecule has 0 unspecified atom stereocenters. The quantitative estimate of drug-likeness (QED) is 0.464. The molecule has 0 radical (unpaired) electrons.